The van der Waals surface area contributed by atoms with Crippen molar-refractivity contribution < 1.29 is 9.53 Å². The Morgan fingerprint density at radius 1 is 1.05 bits per heavy atom. The van der Waals surface area contributed by atoms with Crippen LogP contribution < -0.4 is 10.1 Å². The van der Waals surface area contributed by atoms with Crippen molar-refractivity contribution >= 4 is 11.6 Å². The first kappa shape index (κ1) is 15.1. The number of hydrogen-bond acceptors (Lipinski definition) is 2. The van der Waals surface area contributed by atoms with E-state index in [0.29, 0.717) is 5.75 Å². The van der Waals surface area contributed by atoms with E-state index in [2.05, 4.69) is 32.2 Å². The average Bonchev–Trinajstić information content (AvgIpc) is 2.46. The molecule has 21 heavy (non-hydrogen) atoms. The van der Waals surface area contributed by atoms with Crippen LogP contribution in [0.2, 0.25) is 0 Å². The lowest BCUT2D eigenvalue weighted by molar-refractivity contribution is -0.118. The summed E-state index contributed by atoms with van der Waals surface area (Å²) in [5.41, 5.74) is 2.02. The third-order valence-corrected chi connectivity index (χ3v) is 3.13. The Balaban J connectivity index is 1.92. The van der Waals surface area contributed by atoms with Gasteiger partial charge in [0.15, 0.2) is 6.61 Å². The number of carbonyl (C=O) groups is 1. The number of amides is 1. The molecule has 0 atom stereocenters. The van der Waals surface area contributed by atoms with Gasteiger partial charge in [-0.3, -0.25) is 4.79 Å². The molecule has 110 valence electrons. The van der Waals surface area contributed by atoms with E-state index in [1.165, 1.54) is 5.56 Å². The highest BCUT2D eigenvalue weighted by Gasteiger charge is 2.14. The van der Waals surface area contributed by atoms with Gasteiger partial charge in [0.05, 0.1) is 0 Å². The van der Waals surface area contributed by atoms with Crippen molar-refractivity contribution in [1.29, 1.82) is 0 Å². The van der Waals surface area contributed by atoms with E-state index in [1.807, 2.05) is 48.5 Å². The number of benzene rings is 2. The molecule has 0 aromatic heterocycles. The molecule has 0 saturated carbocycles. The van der Waals surface area contributed by atoms with Crippen molar-refractivity contribution in [3.05, 3.63) is 60.2 Å². The van der Waals surface area contributed by atoms with Crippen molar-refractivity contribution in [1.82, 2.24) is 0 Å². The van der Waals surface area contributed by atoms with Crippen LogP contribution in [0, 0.1) is 0 Å². The van der Waals surface area contributed by atoms with Crippen LogP contribution in [0.3, 0.4) is 0 Å². The monoisotopic (exact) mass is 283 g/mol. The first-order valence-electron chi connectivity index (χ1n) is 7.03. The summed E-state index contributed by atoms with van der Waals surface area (Å²) in [6, 6.07) is 17.2. The lowest BCUT2D eigenvalue weighted by atomic mass is 9.87. The van der Waals surface area contributed by atoms with Crippen LogP contribution in [0.1, 0.15) is 26.3 Å². The van der Waals surface area contributed by atoms with Crippen LogP contribution in [0.25, 0.3) is 0 Å². The fourth-order valence-corrected chi connectivity index (χ4v) is 1.92. The van der Waals surface area contributed by atoms with Crippen LogP contribution >= 0.6 is 0 Å². The maximum Gasteiger partial charge on any atom is 0.262 e. The summed E-state index contributed by atoms with van der Waals surface area (Å²) in [6.45, 7) is 6.44. The molecule has 0 fully saturated rings. The second-order valence-electron chi connectivity index (χ2n) is 5.98. The van der Waals surface area contributed by atoms with Gasteiger partial charge in [0.1, 0.15) is 5.75 Å². The Kier molecular flexibility index (Phi) is 4.63. The summed E-state index contributed by atoms with van der Waals surface area (Å²) in [6.07, 6.45) is 0. The summed E-state index contributed by atoms with van der Waals surface area (Å²) in [5.74, 6) is 0.549. The Morgan fingerprint density at radius 2 is 1.76 bits per heavy atom. The maximum atomic E-state index is 11.8. The van der Waals surface area contributed by atoms with Gasteiger partial charge in [-0.2, -0.15) is 0 Å². The highest BCUT2D eigenvalue weighted by Crippen LogP contribution is 2.25. The fourth-order valence-electron chi connectivity index (χ4n) is 1.92. The highest BCUT2D eigenvalue weighted by molar-refractivity contribution is 5.91. The molecule has 0 aliphatic carbocycles. The first-order chi connectivity index (χ1) is 9.95. The zero-order valence-corrected chi connectivity index (χ0v) is 12.7. The summed E-state index contributed by atoms with van der Waals surface area (Å²) < 4.78 is 5.56. The number of nitrogens with one attached hydrogen (secondary N) is 1. The molecule has 0 saturated heterocycles. The third kappa shape index (κ3) is 4.63. The lowest BCUT2D eigenvalue weighted by Crippen LogP contribution is -2.20. The van der Waals surface area contributed by atoms with E-state index < -0.39 is 0 Å². The highest BCUT2D eigenvalue weighted by atomic mass is 16.5. The molecule has 0 bridgehead atoms. The molecule has 1 N–H and O–H groups in total. The van der Waals surface area contributed by atoms with Crippen LogP contribution in [0.4, 0.5) is 5.69 Å². The number of carbonyl (C=O) groups excluding carboxylic acids is 1. The molecule has 0 unspecified atom stereocenters. The van der Waals surface area contributed by atoms with Crippen molar-refractivity contribution in [3.63, 3.8) is 0 Å². The zero-order chi connectivity index (χ0) is 15.3. The molecule has 2 aromatic rings. The van der Waals surface area contributed by atoms with Gasteiger partial charge in [-0.05, 0) is 35.2 Å². The molecule has 1 amide bonds. The predicted octanol–water partition coefficient (Wildman–Crippen LogP) is 4.00. The Morgan fingerprint density at radius 3 is 2.43 bits per heavy atom. The van der Waals surface area contributed by atoms with Crippen molar-refractivity contribution in [3.8, 4) is 5.75 Å². The Labute approximate surface area is 126 Å². The van der Waals surface area contributed by atoms with Crippen molar-refractivity contribution in [2.24, 2.45) is 0 Å². The van der Waals surface area contributed by atoms with Crippen molar-refractivity contribution in [2.75, 3.05) is 11.9 Å². The average molecular weight is 283 g/mol. The second-order valence-corrected chi connectivity index (χ2v) is 5.98. The molecule has 3 heteroatoms. The normalized spacial score (nSPS) is 11.0. The van der Waals surface area contributed by atoms with Gasteiger partial charge in [0.25, 0.3) is 5.91 Å². The number of para-hydroxylation sites is 1. The van der Waals surface area contributed by atoms with Gasteiger partial charge in [0.2, 0.25) is 0 Å². The number of ether oxygens (including phenoxy) is 1. The second kappa shape index (κ2) is 6.44. The predicted molar refractivity (Wildman–Crippen MR) is 85.7 cm³/mol. The summed E-state index contributed by atoms with van der Waals surface area (Å²) in [5, 5.41) is 2.79. The minimum atomic E-state index is -0.164. The number of rotatable bonds is 4. The topological polar surface area (TPSA) is 38.3 Å². The van der Waals surface area contributed by atoms with Gasteiger partial charge in [-0.25, -0.2) is 0 Å². The first-order valence-corrected chi connectivity index (χ1v) is 7.03. The number of hydrogen-bond donors (Lipinski definition) is 1. The van der Waals surface area contributed by atoms with Crippen LogP contribution in [0.15, 0.2) is 54.6 Å². The molecule has 0 heterocycles. The van der Waals surface area contributed by atoms with E-state index in [1.54, 1.807) is 0 Å². The van der Waals surface area contributed by atoms with Gasteiger partial charge < -0.3 is 10.1 Å². The van der Waals surface area contributed by atoms with E-state index in [9.17, 15) is 4.79 Å². The van der Waals surface area contributed by atoms with E-state index >= 15 is 0 Å². The van der Waals surface area contributed by atoms with Crippen LogP contribution in [-0.4, -0.2) is 12.5 Å². The van der Waals surface area contributed by atoms with E-state index in [0.717, 1.165) is 5.69 Å². The Bertz CT molecular complexity index is 600. The van der Waals surface area contributed by atoms with Gasteiger partial charge in [-0.15, -0.1) is 0 Å². The molecule has 0 radical (unpaired) electrons. The molecule has 0 aliphatic rings. The zero-order valence-electron chi connectivity index (χ0n) is 12.7. The Hall–Kier alpha value is -2.29. The molecule has 0 aliphatic heterocycles. The minimum Gasteiger partial charge on any atom is -0.484 e. The SMILES string of the molecule is CC(C)(C)c1cccc(OCC(=O)Nc2ccccc2)c1. The van der Waals surface area contributed by atoms with Crippen LogP contribution in [-0.2, 0) is 10.2 Å². The quantitative estimate of drug-likeness (QED) is 0.921. The van der Waals surface area contributed by atoms with Gasteiger partial charge >= 0.3 is 0 Å². The number of anilines is 1. The molecule has 2 rings (SSSR count). The van der Waals surface area contributed by atoms with Crippen molar-refractivity contribution in [2.45, 2.75) is 26.2 Å². The van der Waals surface area contributed by atoms with Gasteiger partial charge in [-0.1, -0.05) is 51.1 Å². The minimum absolute atomic E-state index is 0.00247. The summed E-state index contributed by atoms with van der Waals surface area (Å²) in [4.78, 5) is 11.8. The molecule has 2 aromatic carbocycles. The van der Waals surface area contributed by atoms with E-state index in [4.69, 9.17) is 4.74 Å². The maximum absolute atomic E-state index is 11.8. The fraction of sp³-hybridized carbons (Fsp3) is 0.278. The third-order valence-electron chi connectivity index (χ3n) is 3.13. The summed E-state index contributed by atoms with van der Waals surface area (Å²) in [7, 11) is 0. The standard InChI is InChI=1S/C18H21NO2/c1-18(2,3)14-8-7-11-16(12-14)21-13-17(20)19-15-9-5-4-6-10-15/h4-12H,13H2,1-3H3,(H,19,20). The van der Waals surface area contributed by atoms with Gasteiger partial charge in [0, 0.05) is 5.69 Å². The molecule has 3 nitrogen and oxygen atoms in total. The smallest absolute Gasteiger partial charge is 0.262 e. The largest absolute Gasteiger partial charge is 0.484 e. The van der Waals surface area contributed by atoms with E-state index in [-0.39, 0.29) is 17.9 Å². The molecular formula is C18H21NO2. The lowest BCUT2D eigenvalue weighted by Gasteiger charge is -2.19. The summed E-state index contributed by atoms with van der Waals surface area (Å²) >= 11 is 0. The molecular weight excluding hydrogens is 262 g/mol. The van der Waals surface area contributed by atoms with Crippen LogP contribution in [0.5, 0.6) is 5.75 Å². The molecule has 0 spiro atoms.